The van der Waals surface area contributed by atoms with Gasteiger partial charge >= 0.3 is 0 Å². The first-order valence-electron chi connectivity index (χ1n) is 8.15. The molecule has 0 saturated carbocycles. The number of halogens is 1. The van der Waals surface area contributed by atoms with Crippen molar-refractivity contribution >= 4 is 23.3 Å². The number of hydrogen-bond acceptors (Lipinski definition) is 3. The molecule has 2 aliphatic heterocycles. The molecule has 6 nitrogen and oxygen atoms in total. The molecule has 26 heavy (non-hydrogen) atoms. The Labute approximate surface area is 147 Å². The first-order valence-corrected chi connectivity index (χ1v) is 8.15. The number of fused-ring (bicyclic) bond motifs is 4. The number of aromatic nitrogens is 2. The van der Waals surface area contributed by atoms with E-state index in [-0.39, 0.29) is 18.2 Å². The highest BCUT2D eigenvalue weighted by molar-refractivity contribution is 6.14. The maximum Gasteiger partial charge on any atom is 0.240 e. The second-order valence-corrected chi connectivity index (χ2v) is 6.43. The molecule has 2 amide bonds. The van der Waals surface area contributed by atoms with Gasteiger partial charge in [0, 0.05) is 17.7 Å². The molecule has 3 aromatic rings. The van der Waals surface area contributed by atoms with Gasteiger partial charge in [0.2, 0.25) is 11.8 Å². The Kier molecular flexibility index (Phi) is 2.86. The van der Waals surface area contributed by atoms with Crippen LogP contribution in [0.2, 0.25) is 0 Å². The number of rotatable bonds is 1. The number of amides is 2. The summed E-state index contributed by atoms with van der Waals surface area (Å²) in [6, 6.07) is 13.5. The van der Waals surface area contributed by atoms with Gasteiger partial charge < -0.3 is 10.6 Å². The van der Waals surface area contributed by atoms with Crippen LogP contribution in [0.4, 0.5) is 15.9 Å². The lowest BCUT2D eigenvalue weighted by atomic mass is 9.72. The van der Waals surface area contributed by atoms with E-state index >= 15 is 0 Å². The van der Waals surface area contributed by atoms with Crippen LogP contribution in [0.1, 0.15) is 17.5 Å². The first-order chi connectivity index (χ1) is 12.6. The van der Waals surface area contributed by atoms with Crippen LogP contribution >= 0.6 is 0 Å². The normalized spacial score (nSPS) is 20.5. The standard InChI is InChI=1S/C19H13FN4O2/c20-11-6-7-13-15(8-11)22-18(26)19(13)9-16(25)23-17-14(19)10-21-24(17)12-4-2-1-3-5-12/h1-8,10H,9H2,(H,22,26)(H,23,25)/t19-/m1/s1. The Balaban J connectivity index is 1.77. The molecule has 1 spiro atoms. The summed E-state index contributed by atoms with van der Waals surface area (Å²) in [6.07, 6.45) is 1.55. The van der Waals surface area contributed by atoms with Crippen molar-refractivity contribution in [3.8, 4) is 5.69 Å². The van der Waals surface area contributed by atoms with Gasteiger partial charge in [-0.05, 0) is 29.8 Å². The zero-order chi connectivity index (χ0) is 17.9. The van der Waals surface area contributed by atoms with Crippen LogP contribution in [0.15, 0.2) is 54.7 Å². The maximum atomic E-state index is 13.6. The summed E-state index contributed by atoms with van der Waals surface area (Å²) < 4.78 is 15.2. The van der Waals surface area contributed by atoms with Gasteiger partial charge in [-0.3, -0.25) is 9.59 Å². The van der Waals surface area contributed by atoms with E-state index in [4.69, 9.17) is 0 Å². The molecule has 0 unspecified atom stereocenters. The largest absolute Gasteiger partial charge is 0.325 e. The van der Waals surface area contributed by atoms with Crippen molar-refractivity contribution in [2.75, 3.05) is 10.6 Å². The number of carbonyl (C=O) groups is 2. The Morgan fingerprint density at radius 1 is 1.04 bits per heavy atom. The van der Waals surface area contributed by atoms with Crippen molar-refractivity contribution in [3.05, 3.63) is 71.7 Å². The van der Waals surface area contributed by atoms with E-state index in [1.807, 2.05) is 30.3 Å². The van der Waals surface area contributed by atoms with Gasteiger partial charge in [-0.1, -0.05) is 24.3 Å². The Bertz CT molecular complexity index is 1080. The van der Waals surface area contributed by atoms with Gasteiger partial charge in [0.1, 0.15) is 17.1 Å². The fourth-order valence-corrected chi connectivity index (χ4v) is 3.84. The van der Waals surface area contributed by atoms with E-state index < -0.39 is 11.2 Å². The van der Waals surface area contributed by atoms with Crippen LogP contribution < -0.4 is 10.6 Å². The van der Waals surface area contributed by atoms with E-state index in [1.54, 1.807) is 16.9 Å². The van der Waals surface area contributed by atoms with Crippen LogP contribution in [0, 0.1) is 5.82 Å². The predicted molar refractivity (Wildman–Crippen MR) is 92.6 cm³/mol. The molecule has 0 saturated heterocycles. The average molecular weight is 348 g/mol. The minimum atomic E-state index is -1.20. The Morgan fingerprint density at radius 3 is 2.65 bits per heavy atom. The second kappa shape index (κ2) is 5.01. The van der Waals surface area contributed by atoms with Crippen molar-refractivity contribution in [2.24, 2.45) is 0 Å². The molecule has 0 fully saturated rings. The predicted octanol–water partition coefficient (Wildman–Crippen LogP) is 2.59. The summed E-state index contributed by atoms with van der Waals surface area (Å²) in [4.78, 5) is 25.4. The molecular formula is C19H13FN4O2. The molecule has 3 heterocycles. The molecule has 128 valence electrons. The second-order valence-electron chi connectivity index (χ2n) is 6.43. The molecule has 1 aromatic heterocycles. The lowest BCUT2D eigenvalue weighted by Crippen LogP contribution is -2.43. The molecule has 1 atom stereocenters. The third kappa shape index (κ3) is 1.82. The fraction of sp³-hybridized carbons (Fsp3) is 0.105. The molecule has 7 heteroatoms. The molecule has 0 aliphatic carbocycles. The molecule has 2 aromatic carbocycles. The highest BCUT2D eigenvalue weighted by atomic mass is 19.1. The quantitative estimate of drug-likeness (QED) is 0.710. The first kappa shape index (κ1) is 14.8. The van der Waals surface area contributed by atoms with E-state index in [1.165, 1.54) is 12.1 Å². The summed E-state index contributed by atoms with van der Waals surface area (Å²) >= 11 is 0. The van der Waals surface area contributed by atoms with E-state index in [0.717, 1.165) is 5.69 Å². The number of benzene rings is 2. The van der Waals surface area contributed by atoms with Crippen molar-refractivity contribution in [2.45, 2.75) is 11.8 Å². The minimum Gasteiger partial charge on any atom is -0.325 e. The number of nitrogens with zero attached hydrogens (tertiary/aromatic N) is 2. The van der Waals surface area contributed by atoms with Gasteiger partial charge in [-0.2, -0.15) is 5.10 Å². The van der Waals surface area contributed by atoms with E-state index in [9.17, 15) is 14.0 Å². The highest BCUT2D eigenvalue weighted by Crippen LogP contribution is 2.50. The van der Waals surface area contributed by atoms with Gasteiger partial charge in [0.05, 0.1) is 11.9 Å². The van der Waals surface area contributed by atoms with Crippen LogP contribution in [-0.4, -0.2) is 21.6 Å². The summed E-state index contributed by atoms with van der Waals surface area (Å²) in [5.41, 5.74) is 1.15. The van der Waals surface area contributed by atoms with Crippen molar-refractivity contribution < 1.29 is 14.0 Å². The molecule has 2 aliphatic rings. The fourth-order valence-electron chi connectivity index (χ4n) is 3.84. The number of hydrogen-bond donors (Lipinski definition) is 2. The van der Waals surface area contributed by atoms with Crippen LogP contribution in [-0.2, 0) is 15.0 Å². The van der Waals surface area contributed by atoms with Crippen molar-refractivity contribution in [1.82, 2.24) is 9.78 Å². The third-order valence-electron chi connectivity index (χ3n) is 4.99. The Hall–Kier alpha value is -3.48. The average Bonchev–Trinajstić information content (AvgIpc) is 3.16. The minimum absolute atomic E-state index is 0.0506. The number of nitrogens with one attached hydrogen (secondary N) is 2. The Morgan fingerprint density at radius 2 is 1.85 bits per heavy atom. The van der Waals surface area contributed by atoms with Gasteiger partial charge in [0.15, 0.2) is 0 Å². The lowest BCUT2D eigenvalue weighted by molar-refractivity contribution is -0.125. The monoisotopic (exact) mass is 348 g/mol. The van der Waals surface area contributed by atoms with Crippen LogP contribution in [0.25, 0.3) is 5.69 Å². The van der Waals surface area contributed by atoms with E-state index in [0.29, 0.717) is 22.6 Å². The smallest absolute Gasteiger partial charge is 0.240 e. The summed E-state index contributed by atoms with van der Waals surface area (Å²) in [5.74, 6) is -0.620. The zero-order valence-corrected chi connectivity index (χ0v) is 13.5. The maximum absolute atomic E-state index is 13.6. The summed E-state index contributed by atoms with van der Waals surface area (Å²) in [6.45, 7) is 0. The SMILES string of the molecule is O=C1C[C@]2(C(=O)Nc3cc(F)ccc32)c2cnn(-c3ccccc3)c2N1. The third-order valence-corrected chi connectivity index (χ3v) is 4.99. The highest BCUT2D eigenvalue weighted by Gasteiger charge is 2.54. The number of anilines is 2. The van der Waals surface area contributed by atoms with Crippen LogP contribution in [0.5, 0.6) is 0 Å². The van der Waals surface area contributed by atoms with E-state index in [2.05, 4.69) is 15.7 Å². The number of para-hydroxylation sites is 1. The molecule has 5 rings (SSSR count). The zero-order valence-electron chi connectivity index (χ0n) is 13.5. The number of carbonyl (C=O) groups excluding carboxylic acids is 2. The molecule has 0 radical (unpaired) electrons. The molecular weight excluding hydrogens is 335 g/mol. The van der Waals surface area contributed by atoms with Crippen molar-refractivity contribution in [3.63, 3.8) is 0 Å². The van der Waals surface area contributed by atoms with Gasteiger partial charge in [-0.15, -0.1) is 0 Å². The summed E-state index contributed by atoms with van der Waals surface area (Å²) in [5, 5.41) is 9.94. The van der Waals surface area contributed by atoms with Gasteiger partial charge in [0.25, 0.3) is 0 Å². The van der Waals surface area contributed by atoms with Crippen molar-refractivity contribution in [1.29, 1.82) is 0 Å². The van der Waals surface area contributed by atoms with Gasteiger partial charge in [-0.25, -0.2) is 9.07 Å². The molecule has 0 bridgehead atoms. The summed E-state index contributed by atoms with van der Waals surface area (Å²) in [7, 11) is 0. The topological polar surface area (TPSA) is 76.0 Å². The molecule has 2 N–H and O–H groups in total. The van der Waals surface area contributed by atoms with Crippen LogP contribution in [0.3, 0.4) is 0 Å². The lowest BCUT2D eigenvalue weighted by Gasteiger charge is -2.31.